The molecule has 0 aliphatic carbocycles. The van der Waals surface area contributed by atoms with E-state index in [0.717, 1.165) is 19.6 Å². The van der Waals surface area contributed by atoms with Gasteiger partial charge in [-0.2, -0.15) is 0 Å². The molecular weight excluding hydrogens is 182 g/mol. The van der Waals surface area contributed by atoms with Crippen molar-refractivity contribution in [3.63, 3.8) is 0 Å². The van der Waals surface area contributed by atoms with E-state index in [4.69, 9.17) is 0 Å². The minimum atomic E-state index is 0.883. The molecule has 1 radical (unpaired) electrons. The van der Waals surface area contributed by atoms with Crippen molar-refractivity contribution in [1.29, 1.82) is 0 Å². The third-order valence-corrected chi connectivity index (χ3v) is 2.17. The van der Waals surface area contributed by atoms with E-state index in [1.165, 1.54) is 11.1 Å². The highest BCUT2D eigenvalue weighted by Crippen LogP contribution is 2.06. The van der Waals surface area contributed by atoms with E-state index in [1.807, 2.05) is 12.2 Å². The number of benzene rings is 1. The van der Waals surface area contributed by atoms with Crippen LogP contribution in [-0.4, -0.2) is 18.0 Å². The van der Waals surface area contributed by atoms with Crippen LogP contribution in [0, 0.1) is 13.0 Å². The van der Waals surface area contributed by atoms with Crippen molar-refractivity contribution in [1.82, 2.24) is 4.90 Å². The van der Waals surface area contributed by atoms with Crippen LogP contribution in [0.5, 0.6) is 0 Å². The van der Waals surface area contributed by atoms with Crippen LogP contribution in [0.4, 0.5) is 0 Å². The highest BCUT2D eigenvalue weighted by molar-refractivity contribution is 5.20. The summed E-state index contributed by atoms with van der Waals surface area (Å²) in [5.41, 5.74) is 2.41. The van der Waals surface area contributed by atoms with E-state index in [9.17, 15) is 0 Å². The second-order valence-corrected chi connectivity index (χ2v) is 3.63. The van der Waals surface area contributed by atoms with Gasteiger partial charge in [0.1, 0.15) is 0 Å². The molecule has 0 aliphatic rings. The van der Waals surface area contributed by atoms with Crippen molar-refractivity contribution in [3.8, 4) is 0 Å². The molecule has 0 heterocycles. The van der Waals surface area contributed by atoms with Crippen molar-refractivity contribution in [3.05, 3.63) is 60.7 Å². The van der Waals surface area contributed by atoms with Crippen LogP contribution < -0.4 is 0 Å². The lowest BCUT2D eigenvalue weighted by molar-refractivity contribution is 0.327. The maximum absolute atomic E-state index is 3.76. The molecule has 1 aromatic carbocycles. The largest absolute Gasteiger partial charge is 0.292 e. The highest BCUT2D eigenvalue weighted by atomic mass is 15.1. The summed E-state index contributed by atoms with van der Waals surface area (Å²) >= 11 is 0. The second-order valence-electron chi connectivity index (χ2n) is 3.63. The van der Waals surface area contributed by atoms with Crippen LogP contribution in [0.15, 0.2) is 43.5 Å². The zero-order chi connectivity index (χ0) is 11.1. The standard InChI is InChI=1S/C14H18N/c1-4-9-15(10-5-2)12-14-8-6-7-13(3)11-14/h4-8H,1-2,9-10,12H2,3H3. The monoisotopic (exact) mass is 200 g/mol. The molecule has 0 saturated heterocycles. The fourth-order valence-corrected chi connectivity index (χ4v) is 1.55. The first-order valence-electron chi connectivity index (χ1n) is 5.18. The first-order valence-corrected chi connectivity index (χ1v) is 5.18. The van der Waals surface area contributed by atoms with Crippen LogP contribution in [-0.2, 0) is 6.54 Å². The Labute approximate surface area is 92.7 Å². The summed E-state index contributed by atoms with van der Waals surface area (Å²) in [7, 11) is 0. The molecule has 0 amide bonds. The summed E-state index contributed by atoms with van der Waals surface area (Å²) in [6, 6.07) is 9.58. The summed E-state index contributed by atoms with van der Waals surface area (Å²) in [4.78, 5) is 2.27. The molecule has 1 aromatic rings. The molecule has 1 rings (SSSR count). The highest BCUT2D eigenvalue weighted by Gasteiger charge is 2.02. The van der Waals surface area contributed by atoms with Crippen molar-refractivity contribution in [2.45, 2.75) is 13.5 Å². The number of nitrogens with zero attached hydrogens (tertiary/aromatic N) is 1. The SMILES string of the molecule is C=CCN(CC=C)Cc1[c]c(C)ccc1. The van der Waals surface area contributed by atoms with Gasteiger partial charge in [0.25, 0.3) is 0 Å². The van der Waals surface area contributed by atoms with Gasteiger partial charge in [-0.15, -0.1) is 13.2 Å². The van der Waals surface area contributed by atoms with E-state index >= 15 is 0 Å². The Morgan fingerprint density at radius 3 is 2.47 bits per heavy atom. The Hall–Kier alpha value is -1.34. The van der Waals surface area contributed by atoms with Gasteiger partial charge >= 0.3 is 0 Å². The van der Waals surface area contributed by atoms with E-state index in [-0.39, 0.29) is 0 Å². The van der Waals surface area contributed by atoms with Crippen LogP contribution >= 0.6 is 0 Å². The van der Waals surface area contributed by atoms with E-state index < -0.39 is 0 Å². The Morgan fingerprint density at radius 1 is 1.27 bits per heavy atom. The Bertz CT molecular complexity index is 318. The molecule has 0 unspecified atom stereocenters. The summed E-state index contributed by atoms with van der Waals surface area (Å²) in [6.45, 7) is 12.2. The number of rotatable bonds is 6. The van der Waals surface area contributed by atoms with Crippen molar-refractivity contribution >= 4 is 0 Å². The van der Waals surface area contributed by atoms with Gasteiger partial charge in [0, 0.05) is 19.6 Å². The van der Waals surface area contributed by atoms with Gasteiger partial charge in [0.2, 0.25) is 0 Å². The van der Waals surface area contributed by atoms with Crippen molar-refractivity contribution < 1.29 is 0 Å². The minimum absolute atomic E-state index is 0.883. The molecule has 0 fully saturated rings. The predicted octanol–water partition coefficient (Wildman–Crippen LogP) is 2.97. The average Bonchev–Trinajstić information content (AvgIpc) is 2.18. The smallest absolute Gasteiger partial charge is 0.0246 e. The van der Waals surface area contributed by atoms with E-state index in [2.05, 4.69) is 49.2 Å². The molecule has 1 nitrogen and oxygen atoms in total. The van der Waals surface area contributed by atoms with Gasteiger partial charge in [-0.3, -0.25) is 4.90 Å². The molecule has 15 heavy (non-hydrogen) atoms. The Morgan fingerprint density at radius 2 is 1.93 bits per heavy atom. The quantitative estimate of drug-likeness (QED) is 0.638. The number of aryl methyl sites for hydroxylation is 1. The second kappa shape index (κ2) is 6.20. The molecule has 0 aromatic heterocycles. The van der Waals surface area contributed by atoms with Gasteiger partial charge in [-0.05, 0) is 24.1 Å². The lowest BCUT2D eigenvalue weighted by Crippen LogP contribution is -2.23. The molecule has 79 valence electrons. The topological polar surface area (TPSA) is 3.24 Å². The summed E-state index contributed by atoms with van der Waals surface area (Å²) in [5.74, 6) is 0. The average molecular weight is 200 g/mol. The fraction of sp³-hybridized carbons (Fsp3) is 0.286. The molecule has 0 aliphatic heterocycles. The molecule has 0 saturated carbocycles. The molecule has 0 spiro atoms. The Balaban J connectivity index is 2.64. The van der Waals surface area contributed by atoms with Crippen LogP contribution in [0.25, 0.3) is 0 Å². The molecular formula is C14H18N. The van der Waals surface area contributed by atoms with Crippen LogP contribution in [0.1, 0.15) is 11.1 Å². The maximum atomic E-state index is 3.76. The number of hydrogen-bond donors (Lipinski definition) is 0. The van der Waals surface area contributed by atoms with Gasteiger partial charge in [-0.1, -0.05) is 30.4 Å². The van der Waals surface area contributed by atoms with Gasteiger partial charge in [0.05, 0.1) is 0 Å². The summed E-state index contributed by atoms with van der Waals surface area (Å²) in [5, 5.41) is 0. The molecule has 0 atom stereocenters. The number of hydrogen-bond acceptors (Lipinski definition) is 1. The molecule has 1 heteroatoms. The van der Waals surface area contributed by atoms with E-state index in [0.29, 0.717) is 0 Å². The van der Waals surface area contributed by atoms with Gasteiger partial charge in [-0.25, -0.2) is 0 Å². The van der Waals surface area contributed by atoms with Crippen molar-refractivity contribution in [2.24, 2.45) is 0 Å². The Kier molecular flexibility index (Phi) is 4.85. The molecule has 0 bridgehead atoms. The normalized spacial score (nSPS) is 10.3. The summed E-state index contributed by atoms with van der Waals surface area (Å²) < 4.78 is 0. The zero-order valence-electron chi connectivity index (χ0n) is 9.37. The fourth-order valence-electron chi connectivity index (χ4n) is 1.55. The van der Waals surface area contributed by atoms with Crippen molar-refractivity contribution in [2.75, 3.05) is 13.1 Å². The maximum Gasteiger partial charge on any atom is 0.0246 e. The summed E-state index contributed by atoms with van der Waals surface area (Å²) in [6.07, 6.45) is 3.83. The lowest BCUT2D eigenvalue weighted by atomic mass is 10.1. The predicted molar refractivity (Wildman–Crippen MR) is 65.7 cm³/mol. The minimum Gasteiger partial charge on any atom is -0.292 e. The van der Waals surface area contributed by atoms with Gasteiger partial charge < -0.3 is 0 Å². The first kappa shape index (κ1) is 11.7. The third-order valence-electron chi connectivity index (χ3n) is 2.17. The van der Waals surface area contributed by atoms with E-state index in [1.54, 1.807) is 0 Å². The zero-order valence-corrected chi connectivity index (χ0v) is 9.37. The lowest BCUT2D eigenvalue weighted by Gasteiger charge is -2.18. The first-order chi connectivity index (χ1) is 7.26. The van der Waals surface area contributed by atoms with Gasteiger partial charge in [0.15, 0.2) is 0 Å². The van der Waals surface area contributed by atoms with Crippen LogP contribution in [0.2, 0.25) is 0 Å². The molecule has 0 N–H and O–H groups in total. The third kappa shape index (κ3) is 4.13. The van der Waals surface area contributed by atoms with Crippen LogP contribution in [0.3, 0.4) is 0 Å².